The molecule has 0 aliphatic heterocycles. The van der Waals surface area contributed by atoms with Gasteiger partial charge in [-0.2, -0.15) is 0 Å². The van der Waals surface area contributed by atoms with Crippen LogP contribution in [0.3, 0.4) is 0 Å². The van der Waals surface area contributed by atoms with Gasteiger partial charge in [0.25, 0.3) is 0 Å². The van der Waals surface area contributed by atoms with Gasteiger partial charge in [0.05, 0.1) is 0 Å². The first kappa shape index (κ1) is 54.7. The molecule has 9 radical (unpaired) electrons. The minimum absolute atomic E-state index is 0. The van der Waals surface area contributed by atoms with E-state index in [1.54, 1.807) is 0 Å². The molecule has 0 rings (SSSR count). The van der Waals surface area contributed by atoms with Crippen molar-refractivity contribution in [3.8, 4) is 0 Å². The van der Waals surface area contributed by atoms with Gasteiger partial charge in [-0.3, -0.25) is 0 Å². The van der Waals surface area contributed by atoms with Crippen molar-refractivity contribution in [3.63, 3.8) is 0 Å². The molecular weight excluding hydrogens is 400 g/mol. The Hall–Kier alpha value is 3.61. The van der Waals surface area contributed by atoms with Gasteiger partial charge < -0.3 is 0 Å². The molecule has 0 unspecified atom stereocenters. The topological polar surface area (TPSA) is 0 Å². The molecule has 0 fully saturated rings. The van der Waals surface area contributed by atoms with E-state index in [9.17, 15) is 0 Å². The summed E-state index contributed by atoms with van der Waals surface area (Å²) in [5.74, 6) is 0. The van der Waals surface area contributed by atoms with Crippen LogP contribution in [-0.4, -0.2) is 28.2 Å². The summed E-state index contributed by atoms with van der Waals surface area (Å²) in [5, 5.41) is 0. The second-order valence-electron chi connectivity index (χ2n) is 0. The maximum absolute atomic E-state index is 0. The summed E-state index contributed by atoms with van der Waals surface area (Å²) in [6, 6.07) is 0. The summed E-state index contributed by atoms with van der Waals surface area (Å²) in [6.07, 6.45) is 0. The minimum atomic E-state index is 0. The first-order chi connectivity index (χ1) is 0. The van der Waals surface area contributed by atoms with Gasteiger partial charge in [0.15, 0.2) is 0 Å². The molecule has 0 aliphatic rings. The van der Waals surface area contributed by atoms with Crippen LogP contribution in [0, 0.1) is 41.3 Å². The Morgan fingerprint density at radius 3 is 1.00 bits per heavy atom. The molecule has 37 valence electrons. The van der Waals surface area contributed by atoms with E-state index in [1.165, 1.54) is 0 Å². The van der Waals surface area contributed by atoms with E-state index in [-0.39, 0.29) is 120 Å². The van der Waals surface area contributed by atoms with Crippen LogP contribution in [0.25, 0.3) is 0 Å². The quantitative estimate of drug-likeness (QED) is 0.469. The fourth-order valence-electron chi connectivity index (χ4n) is 0. The van der Waals surface area contributed by atoms with Crippen LogP contribution >= 0.6 is 0 Å². The molecule has 0 aliphatic carbocycles. The van der Waals surface area contributed by atoms with Crippen LogP contribution in [0.2, 0.25) is 0 Å². The average Bonchev–Trinajstić information content (AvgIpc) is 0. The number of rotatable bonds is 0. The second-order valence-corrected chi connectivity index (χ2v) is 0. The predicted octanol–water partition coefficient (Wildman–Crippen LogP) is -0.769. The Bertz CT molecular complexity index is 15.5. The molecular formula is BCoCuFeGaPr. The van der Waals surface area contributed by atoms with Crippen molar-refractivity contribution in [1.29, 1.82) is 0 Å². The average molecular weight is 400 g/mol. The SMILES string of the molecule is [B].[Co].[Cu].[Fe].[Ga].[Pr]. The Labute approximate surface area is 118 Å². The smallest absolute Gasteiger partial charge is 0 e. The Kier molecular flexibility index (Phi) is 349. The van der Waals surface area contributed by atoms with E-state index in [0.717, 1.165) is 0 Å². The maximum Gasteiger partial charge on any atom is 0 e. The van der Waals surface area contributed by atoms with Gasteiger partial charge in [0.2, 0.25) is 0 Å². The van der Waals surface area contributed by atoms with Gasteiger partial charge in [-0.25, -0.2) is 0 Å². The summed E-state index contributed by atoms with van der Waals surface area (Å²) in [6.45, 7) is 0. The van der Waals surface area contributed by atoms with Crippen LogP contribution in [0.5, 0.6) is 0 Å². The van der Waals surface area contributed by atoms with E-state index >= 15 is 0 Å². The third-order valence-electron chi connectivity index (χ3n) is 0. The van der Waals surface area contributed by atoms with Crippen LogP contribution < -0.4 is 0 Å². The molecule has 0 saturated carbocycles. The summed E-state index contributed by atoms with van der Waals surface area (Å²) < 4.78 is 0. The fourth-order valence-corrected chi connectivity index (χ4v) is 0. The van der Waals surface area contributed by atoms with Crippen LogP contribution in [0.1, 0.15) is 0 Å². The van der Waals surface area contributed by atoms with Gasteiger partial charge >= 0.3 is 0 Å². The van der Waals surface area contributed by atoms with Crippen LogP contribution in [-0.2, 0) is 50.9 Å². The van der Waals surface area contributed by atoms with Crippen molar-refractivity contribution >= 4 is 28.2 Å². The number of hydrogen-bond acceptors (Lipinski definition) is 0. The molecule has 0 atom stereocenters. The van der Waals surface area contributed by atoms with Crippen LogP contribution in [0.15, 0.2) is 0 Å². The Balaban J connectivity index is 0. The van der Waals surface area contributed by atoms with Gasteiger partial charge in [-0.1, -0.05) is 0 Å². The van der Waals surface area contributed by atoms with Gasteiger partial charge in [-0.05, 0) is 0 Å². The van der Waals surface area contributed by atoms with Crippen molar-refractivity contribution in [2.24, 2.45) is 0 Å². The third-order valence-corrected chi connectivity index (χ3v) is 0. The predicted molar refractivity (Wildman–Crippen MR) is 11.5 cm³/mol. The Morgan fingerprint density at radius 1 is 1.00 bits per heavy atom. The normalized spacial score (nSPS) is 0. The van der Waals surface area contributed by atoms with Crippen LogP contribution in [0.4, 0.5) is 0 Å². The van der Waals surface area contributed by atoms with E-state index in [0.29, 0.717) is 0 Å². The number of hydrogen-bond donors (Lipinski definition) is 0. The zero-order valence-electron chi connectivity index (χ0n) is 2.72. The standard InChI is InChI=1S/B.Co.Cu.Fe.Ga.Pr. The van der Waals surface area contributed by atoms with E-state index in [4.69, 9.17) is 0 Å². The molecule has 0 aromatic heterocycles. The minimum Gasteiger partial charge on any atom is 0 e. The summed E-state index contributed by atoms with van der Waals surface area (Å²) in [5.41, 5.74) is 0. The van der Waals surface area contributed by atoms with Gasteiger partial charge in [0.1, 0.15) is 0 Å². The molecule has 6 heavy (non-hydrogen) atoms. The van der Waals surface area contributed by atoms with Crippen molar-refractivity contribution in [2.45, 2.75) is 0 Å². The zero-order valence-corrected chi connectivity index (χ0v) is 11.9. The van der Waals surface area contributed by atoms with Gasteiger partial charge in [-0.15, -0.1) is 0 Å². The van der Waals surface area contributed by atoms with Crippen molar-refractivity contribution in [3.05, 3.63) is 0 Å². The first-order valence-corrected chi connectivity index (χ1v) is 0. The Morgan fingerprint density at radius 2 is 1.00 bits per heavy atom. The first-order valence-electron chi connectivity index (χ1n) is 0. The molecule has 0 aromatic carbocycles. The van der Waals surface area contributed by atoms with Crippen molar-refractivity contribution < 1.29 is 92.2 Å². The summed E-state index contributed by atoms with van der Waals surface area (Å²) >= 11 is 0. The molecule has 0 heterocycles. The second kappa shape index (κ2) is 38.3. The molecule has 0 bridgehead atoms. The van der Waals surface area contributed by atoms with E-state index in [2.05, 4.69) is 0 Å². The van der Waals surface area contributed by atoms with Crippen molar-refractivity contribution in [2.75, 3.05) is 0 Å². The van der Waals surface area contributed by atoms with E-state index < -0.39 is 0 Å². The zero-order chi connectivity index (χ0) is 0. The van der Waals surface area contributed by atoms with Crippen molar-refractivity contribution in [1.82, 2.24) is 0 Å². The fraction of sp³-hybridized carbons (Fsp3) is 0. The molecule has 0 aromatic rings. The summed E-state index contributed by atoms with van der Waals surface area (Å²) in [7, 11) is 0. The maximum atomic E-state index is 0. The third kappa shape index (κ3) is 25.5. The monoisotopic (exact) mass is 399 g/mol. The van der Waals surface area contributed by atoms with Gasteiger partial charge in [0, 0.05) is 120 Å². The molecule has 0 N–H and O–H groups in total. The summed E-state index contributed by atoms with van der Waals surface area (Å²) in [4.78, 5) is 0. The molecule has 0 nitrogen and oxygen atoms in total. The molecule has 0 amide bonds. The molecule has 6 heteroatoms. The molecule has 0 saturated heterocycles. The van der Waals surface area contributed by atoms with E-state index in [1.807, 2.05) is 0 Å². The molecule has 0 spiro atoms. The largest absolute Gasteiger partial charge is 0 e.